The molecule has 0 radical (unpaired) electrons. The van der Waals surface area contributed by atoms with Gasteiger partial charge < -0.3 is 4.74 Å². The molecule has 0 fully saturated rings. The Morgan fingerprint density at radius 2 is 1.93 bits per heavy atom. The van der Waals surface area contributed by atoms with E-state index in [2.05, 4.69) is 36.1 Å². The van der Waals surface area contributed by atoms with E-state index >= 15 is 0 Å². The number of aromatic nitrogens is 6. The van der Waals surface area contributed by atoms with Gasteiger partial charge in [0, 0.05) is 9.50 Å². The van der Waals surface area contributed by atoms with E-state index in [1.165, 1.54) is 0 Å². The summed E-state index contributed by atoms with van der Waals surface area (Å²) in [6.07, 6.45) is 3.38. The van der Waals surface area contributed by atoms with Gasteiger partial charge >= 0.3 is 0 Å². The monoisotopic (exact) mass is 454 g/mol. The highest BCUT2D eigenvalue weighted by molar-refractivity contribution is 9.10. The maximum Gasteiger partial charge on any atom is 0.189 e. The highest BCUT2D eigenvalue weighted by Crippen LogP contribution is 2.22. The van der Waals surface area contributed by atoms with Crippen LogP contribution in [-0.4, -0.2) is 29.4 Å². The molecule has 0 spiro atoms. The molecule has 0 atom stereocenters. The maximum absolute atomic E-state index is 5.89. The number of fused-ring (bicyclic) bond motifs is 3. The zero-order valence-electron chi connectivity index (χ0n) is 14.3. The molecular weight excluding hydrogens is 444 g/mol. The van der Waals surface area contributed by atoms with Gasteiger partial charge in [-0.2, -0.15) is 5.10 Å². The third-order valence-electron chi connectivity index (χ3n) is 4.18. The lowest BCUT2D eigenvalue weighted by molar-refractivity contribution is 0.296. The van der Waals surface area contributed by atoms with E-state index in [0.717, 1.165) is 15.5 Å². The van der Waals surface area contributed by atoms with Gasteiger partial charge in [0.1, 0.15) is 18.7 Å². The van der Waals surface area contributed by atoms with E-state index in [-0.39, 0.29) is 6.61 Å². The standard InChI is InChI=1S/C19H12BrClN6O/c20-12-2-1-3-14(8-12)27-18-16(9-23-27)19-24-17(25-26(19)11-22-18)10-28-15-6-4-13(21)5-7-15/h1-9,11H,10H2. The fourth-order valence-corrected chi connectivity index (χ4v) is 3.41. The molecule has 0 saturated heterocycles. The third kappa shape index (κ3) is 3.10. The number of rotatable bonds is 4. The molecule has 0 saturated carbocycles. The number of nitrogens with zero attached hydrogens (tertiary/aromatic N) is 6. The van der Waals surface area contributed by atoms with Gasteiger partial charge in [0.2, 0.25) is 0 Å². The minimum absolute atomic E-state index is 0.241. The molecule has 0 amide bonds. The maximum atomic E-state index is 5.89. The second-order valence-electron chi connectivity index (χ2n) is 6.06. The highest BCUT2D eigenvalue weighted by Gasteiger charge is 2.14. The van der Waals surface area contributed by atoms with Crippen molar-refractivity contribution in [3.63, 3.8) is 0 Å². The van der Waals surface area contributed by atoms with Crippen LogP contribution in [0.1, 0.15) is 5.82 Å². The van der Waals surface area contributed by atoms with Gasteiger partial charge in [-0.3, -0.25) is 0 Å². The summed E-state index contributed by atoms with van der Waals surface area (Å²) >= 11 is 9.38. The zero-order chi connectivity index (χ0) is 19.1. The summed E-state index contributed by atoms with van der Waals surface area (Å²) in [5.41, 5.74) is 2.30. The second kappa shape index (κ2) is 6.88. The van der Waals surface area contributed by atoms with E-state index in [4.69, 9.17) is 16.3 Å². The molecule has 2 aromatic carbocycles. The quantitative estimate of drug-likeness (QED) is 0.400. The molecule has 28 heavy (non-hydrogen) atoms. The molecule has 138 valence electrons. The summed E-state index contributed by atoms with van der Waals surface area (Å²) in [6.45, 7) is 0.241. The van der Waals surface area contributed by atoms with E-state index < -0.39 is 0 Å². The van der Waals surface area contributed by atoms with Crippen molar-refractivity contribution in [3.8, 4) is 11.4 Å². The molecule has 9 heteroatoms. The molecule has 0 N–H and O–H groups in total. The van der Waals surface area contributed by atoms with E-state index in [1.807, 2.05) is 24.3 Å². The Balaban J connectivity index is 1.49. The normalized spacial score (nSPS) is 11.4. The lowest BCUT2D eigenvalue weighted by atomic mass is 10.3. The number of hydrogen-bond acceptors (Lipinski definition) is 5. The molecule has 5 rings (SSSR count). The zero-order valence-corrected chi connectivity index (χ0v) is 16.7. The van der Waals surface area contributed by atoms with Crippen molar-refractivity contribution in [2.24, 2.45) is 0 Å². The largest absolute Gasteiger partial charge is 0.486 e. The minimum Gasteiger partial charge on any atom is -0.486 e. The first kappa shape index (κ1) is 17.2. The van der Waals surface area contributed by atoms with Gasteiger partial charge in [0.25, 0.3) is 0 Å². The first-order valence-electron chi connectivity index (χ1n) is 8.40. The van der Waals surface area contributed by atoms with E-state index in [1.54, 1.807) is 46.0 Å². The van der Waals surface area contributed by atoms with Crippen LogP contribution >= 0.6 is 27.5 Å². The summed E-state index contributed by atoms with van der Waals surface area (Å²) in [4.78, 5) is 9.10. The van der Waals surface area contributed by atoms with Crippen molar-refractivity contribution in [1.29, 1.82) is 0 Å². The Bertz CT molecular complexity index is 1300. The summed E-state index contributed by atoms with van der Waals surface area (Å²) in [7, 11) is 0. The Morgan fingerprint density at radius 1 is 1.07 bits per heavy atom. The molecule has 0 unspecified atom stereocenters. The Kier molecular flexibility index (Phi) is 4.22. The second-order valence-corrected chi connectivity index (χ2v) is 7.41. The van der Waals surface area contributed by atoms with Crippen molar-refractivity contribution in [1.82, 2.24) is 29.4 Å². The minimum atomic E-state index is 0.241. The summed E-state index contributed by atoms with van der Waals surface area (Å²) in [6, 6.07) is 15.0. The van der Waals surface area contributed by atoms with E-state index in [0.29, 0.717) is 27.9 Å². The highest BCUT2D eigenvalue weighted by atomic mass is 79.9. The van der Waals surface area contributed by atoms with Crippen molar-refractivity contribution < 1.29 is 4.74 Å². The number of benzene rings is 2. The average molecular weight is 456 g/mol. The molecule has 3 aromatic heterocycles. The lowest BCUT2D eigenvalue weighted by Crippen LogP contribution is -1.99. The van der Waals surface area contributed by atoms with Gasteiger partial charge in [0.05, 0.1) is 17.3 Å². The molecule has 0 bridgehead atoms. The predicted molar refractivity (Wildman–Crippen MR) is 109 cm³/mol. The van der Waals surface area contributed by atoms with Crippen LogP contribution in [0.25, 0.3) is 22.4 Å². The van der Waals surface area contributed by atoms with Gasteiger partial charge in [-0.15, -0.1) is 5.10 Å². The van der Waals surface area contributed by atoms with Gasteiger partial charge in [-0.25, -0.2) is 19.2 Å². The summed E-state index contributed by atoms with van der Waals surface area (Å²) in [5.74, 6) is 1.26. The fraction of sp³-hybridized carbons (Fsp3) is 0.0526. The fourth-order valence-electron chi connectivity index (χ4n) is 2.90. The van der Waals surface area contributed by atoms with Crippen molar-refractivity contribution in [3.05, 3.63) is 76.4 Å². The van der Waals surface area contributed by atoms with Crippen LogP contribution in [-0.2, 0) is 6.61 Å². The van der Waals surface area contributed by atoms with Gasteiger partial charge in [-0.05, 0) is 42.5 Å². The molecule has 0 aliphatic rings. The van der Waals surface area contributed by atoms with E-state index in [9.17, 15) is 0 Å². The Morgan fingerprint density at radius 3 is 2.75 bits per heavy atom. The van der Waals surface area contributed by atoms with Crippen LogP contribution in [0.15, 0.2) is 65.5 Å². The lowest BCUT2D eigenvalue weighted by Gasteiger charge is -2.03. The topological polar surface area (TPSA) is 70.1 Å². The third-order valence-corrected chi connectivity index (χ3v) is 4.93. The van der Waals surface area contributed by atoms with Crippen LogP contribution in [0.4, 0.5) is 0 Å². The summed E-state index contributed by atoms with van der Waals surface area (Å²) in [5, 5.41) is 10.4. The molecule has 0 aliphatic heterocycles. The number of hydrogen-bond donors (Lipinski definition) is 0. The SMILES string of the molecule is Clc1ccc(OCc2nc3c4cnn(-c5cccc(Br)c5)c4ncn3n2)cc1. The molecule has 5 aromatic rings. The molecule has 0 aliphatic carbocycles. The predicted octanol–water partition coefficient (Wildman–Crippen LogP) is 4.46. The van der Waals surface area contributed by atoms with Crippen LogP contribution in [0.3, 0.4) is 0 Å². The first-order valence-corrected chi connectivity index (χ1v) is 9.57. The Labute approximate surface area is 172 Å². The molecule has 7 nitrogen and oxygen atoms in total. The van der Waals surface area contributed by atoms with Crippen molar-refractivity contribution in [2.75, 3.05) is 0 Å². The number of ether oxygens (including phenoxy) is 1. The van der Waals surface area contributed by atoms with Gasteiger partial charge in [-0.1, -0.05) is 33.6 Å². The number of halogens is 2. The molecular formula is C19H12BrClN6O. The average Bonchev–Trinajstić information content (AvgIpc) is 3.31. The van der Waals surface area contributed by atoms with Crippen LogP contribution in [0, 0.1) is 0 Å². The van der Waals surface area contributed by atoms with Gasteiger partial charge in [0.15, 0.2) is 17.1 Å². The smallest absolute Gasteiger partial charge is 0.189 e. The molecule has 3 heterocycles. The van der Waals surface area contributed by atoms with Crippen LogP contribution in [0.5, 0.6) is 5.75 Å². The van der Waals surface area contributed by atoms with Crippen molar-refractivity contribution >= 4 is 44.2 Å². The first-order chi connectivity index (χ1) is 13.7. The summed E-state index contributed by atoms with van der Waals surface area (Å²) < 4.78 is 10.1. The van der Waals surface area contributed by atoms with Crippen LogP contribution < -0.4 is 4.74 Å². The van der Waals surface area contributed by atoms with Crippen LogP contribution in [0.2, 0.25) is 5.02 Å². The Hall–Kier alpha value is -2.97. The van der Waals surface area contributed by atoms with Crippen molar-refractivity contribution in [2.45, 2.75) is 6.61 Å².